The van der Waals surface area contributed by atoms with Crippen molar-refractivity contribution in [2.45, 2.75) is 76.4 Å². The van der Waals surface area contributed by atoms with E-state index < -0.39 is 0 Å². The summed E-state index contributed by atoms with van der Waals surface area (Å²) >= 11 is 3.43. The van der Waals surface area contributed by atoms with Crippen LogP contribution in [0.3, 0.4) is 0 Å². The van der Waals surface area contributed by atoms with Gasteiger partial charge in [-0.3, -0.25) is 9.59 Å². The van der Waals surface area contributed by atoms with Crippen LogP contribution in [0, 0.1) is 5.92 Å². The predicted octanol–water partition coefficient (Wildman–Crippen LogP) is 5.88. The number of nitrogens with one attached hydrogen (secondary N) is 1. The van der Waals surface area contributed by atoms with Crippen LogP contribution in [0.15, 0.2) is 53.0 Å². The van der Waals surface area contributed by atoms with Gasteiger partial charge in [-0.1, -0.05) is 56.4 Å². The van der Waals surface area contributed by atoms with Crippen molar-refractivity contribution in [3.8, 4) is 0 Å². The van der Waals surface area contributed by atoms with Gasteiger partial charge in [-0.25, -0.2) is 0 Å². The molecule has 2 aliphatic carbocycles. The molecule has 0 saturated heterocycles. The van der Waals surface area contributed by atoms with Gasteiger partial charge in [0.25, 0.3) is 5.91 Å². The fourth-order valence-electron chi connectivity index (χ4n) is 5.20. The standard InChI is InChI=1S/C27H34BrN3O2/c28-23-11-5-4-10-22(23)26(32)30-21-16-14-19(15-17-21)18-31(25-13-7-6-12-24(25)29)27(33)20-8-2-1-3-9-20/h4-5,10-11,14-17,20,24-25H,1-3,6-9,12-13,18,29H2,(H,30,32). The van der Waals surface area contributed by atoms with Crippen LogP contribution < -0.4 is 11.1 Å². The van der Waals surface area contributed by atoms with Gasteiger partial charge < -0.3 is 16.0 Å². The molecular weight excluding hydrogens is 478 g/mol. The molecule has 33 heavy (non-hydrogen) atoms. The van der Waals surface area contributed by atoms with Gasteiger partial charge >= 0.3 is 0 Å². The molecule has 0 radical (unpaired) electrons. The van der Waals surface area contributed by atoms with Gasteiger partial charge in [-0.2, -0.15) is 0 Å². The molecule has 6 heteroatoms. The van der Waals surface area contributed by atoms with Gasteiger partial charge in [-0.05, 0) is 71.4 Å². The van der Waals surface area contributed by atoms with E-state index in [4.69, 9.17) is 5.73 Å². The highest BCUT2D eigenvalue weighted by atomic mass is 79.9. The Balaban J connectivity index is 1.47. The first kappa shape index (κ1) is 24.0. The molecule has 3 N–H and O–H groups in total. The quantitative estimate of drug-likeness (QED) is 0.508. The van der Waals surface area contributed by atoms with Crippen molar-refractivity contribution >= 4 is 33.4 Å². The van der Waals surface area contributed by atoms with Gasteiger partial charge in [0.15, 0.2) is 0 Å². The summed E-state index contributed by atoms with van der Waals surface area (Å²) in [5, 5.41) is 2.95. The maximum Gasteiger partial charge on any atom is 0.256 e. The zero-order valence-electron chi connectivity index (χ0n) is 19.1. The van der Waals surface area contributed by atoms with E-state index in [9.17, 15) is 9.59 Å². The van der Waals surface area contributed by atoms with E-state index >= 15 is 0 Å². The van der Waals surface area contributed by atoms with Gasteiger partial charge in [0.05, 0.1) is 5.56 Å². The maximum absolute atomic E-state index is 13.6. The Morgan fingerprint density at radius 3 is 2.27 bits per heavy atom. The van der Waals surface area contributed by atoms with Crippen molar-refractivity contribution in [1.82, 2.24) is 4.90 Å². The van der Waals surface area contributed by atoms with Crippen LogP contribution in [0.1, 0.15) is 73.7 Å². The van der Waals surface area contributed by atoms with Crippen LogP contribution in [-0.4, -0.2) is 28.8 Å². The Hall–Kier alpha value is -2.18. The summed E-state index contributed by atoms with van der Waals surface area (Å²) in [6, 6.07) is 15.4. The normalized spacial score (nSPS) is 21.4. The van der Waals surface area contributed by atoms with Crippen molar-refractivity contribution in [1.29, 1.82) is 0 Å². The number of carbonyl (C=O) groups excluding carboxylic acids is 2. The number of nitrogens with zero attached hydrogens (tertiary/aromatic N) is 1. The molecule has 4 rings (SSSR count). The molecule has 0 aliphatic heterocycles. The number of anilines is 1. The fourth-order valence-corrected chi connectivity index (χ4v) is 5.67. The molecule has 2 aromatic carbocycles. The summed E-state index contributed by atoms with van der Waals surface area (Å²) < 4.78 is 0.764. The zero-order chi connectivity index (χ0) is 23.2. The second-order valence-corrected chi connectivity index (χ2v) is 10.3. The van der Waals surface area contributed by atoms with Gasteiger partial charge in [-0.15, -0.1) is 0 Å². The lowest BCUT2D eigenvalue weighted by molar-refractivity contribution is -0.141. The van der Waals surface area contributed by atoms with E-state index in [1.54, 1.807) is 6.07 Å². The predicted molar refractivity (Wildman–Crippen MR) is 136 cm³/mol. The second-order valence-electron chi connectivity index (χ2n) is 9.45. The van der Waals surface area contributed by atoms with Crippen LogP contribution in [0.4, 0.5) is 5.69 Å². The summed E-state index contributed by atoms with van der Waals surface area (Å²) in [4.78, 5) is 28.2. The third-order valence-electron chi connectivity index (χ3n) is 7.10. The van der Waals surface area contributed by atoms with Gasteiger partial charge in [0.2, 0.25) is 5.91 Å². The molecule has 176 valence electrons. The number of amides is 2. The maximum atomic E-state index is 13.6. The minimum atomic E-state index is -0.155. The molecule has 0 heterocycles. The largest absolute Gasteiger partial charge is 0.334 e. The van der Waals surface area contributed by atoms with E-state index in [0.29, 0.717) is 12.1 Å². The highest BCUT2D eigenvalue weighted by molar-refractivity contribution is 9.10. The van der Waals surface area contributed by atoms with Gasteiger partial charge in [0.1, 0.15) is 0 Å². The second kappa shape index (κ2) is 11.3. The lowest BCUT2D eigenvalue weighted by atomic mass is 9.85. The van der Waals surface area contributed by atoms with Crippen LogP contribution in [0.25, 0.3) is 0 Å². The lowest BCUT2D eigenvalue weighted by Gasteiger charge is -2.40. The monoisotopic (exact) mass is 511 g/mol. The Labute approximate surface area is 205 Å². The number of rotatable bonds is 6. The number of hydrogen-bond donors (Lipinski definition) is 2. The molecule has 5 nitrogen and oxygen atoms in total. The first-order chi connectivity index (χ1) is 16.0. The number of carbonyl (C=O) groups is 2. The molecular formula is C27H34BrN3O2. The molecule has 2 fully saturated rings. The average molecular weight is 512 g/mol. The molecule has 0 aromatic heterocycles. The third-order valence-corrected chi connectivity index (χ3v) is 7.79. The van der Waals surface area contributed by atoms with E-state index in [-0.39, 0.29) is 29.8 Å². The average Bonchev–Trinajstić information content (AvgIpc) is 2.84. The van der Waals surface area contributed by atoms with Crippen molar-refractivity contribution in [2.75, 3.05) is 5.32 Å². The molecule has 2 saturated carbocycles. The summed E-state index contributed by atoms with van der Waals surface area (Å²) in [5.74, 6) is 0.261. The van der Waals surface area contributed by atoms with E-state index in [0.717, 1.165) is 67.1 Å². The first-order valence-electron chi connectivity index (χ1n) is 12.2. The van der Waals surface area contributed by atoms with Crippen LogP contribution >= 0.6 is 15.9 Å². The molecule has 2 amide bonds. The highest BCUT2D eigenvalue weighted by Gasteiger charge is 2.34. The van der Waals surface area contributed by atoms with Crippen molar-refractivity contribution in [2.24, 2.45) is 11.7 Å². The summed E-state index contributed by atoms with van der Waals surface area (Å²) in [5.41, 5.74) is 8.90. The first-order valence-corrected chi connectivity index (χ1v) is 13.0. The number of benzene rings is 2. The third kappa shape index (κ3) is 6.04. The van der Waals surface area contributed by atoms with E-state index in [1.807, 2.05) is 42.5 Å². The van der Waals surface area contributed by atoms with Gasteiger partial charge in [0, 0.05) is 34.7 Å². The molecule has 2 aliphatic rings. The number of halogens is 1. The SMILES string of the molecule is NC1CCCCC1N(Cc1ccc(NC(=O)c2ccccc2Br)cc1)C(=O)C1CCCCC1. The smallest absolute Gasteiger partial charge is 0.256 e. The van der Waals surface area contributed by atoms with E-state index in [2.05, 4.69) is 26.1 Å². The zero-order valence-corrected chi connectivity index (χ0v) is 20.7. The number of nitrogens with two attached hydrogens (primary N) is 1. The minimum absolute atomic E-state index is 0.0502. The molecule has 2 atom stereocenters. The molecule has 2 aromatic rings. The van der Waals surface area contributed by atoms with E-state index in [1.165, 1.54) is 6.42 Å². The highest BCUT2D eigenvalue weighted by Crippen LogP contribution is 2.30. The van der Waals surface area contributed by atoms with Crippen LogP contribution in [0.5, 0.6) is 0 Å². The van der Waals surface area contributed by atoms with Crippen LogP contribution in [0.2, 0.25) is 0 Å². The lowest BCUT2D eigenvalue weighted by Crippen LogP contribution is -2.53. The summed E-state index contributed by atoms with van der Waals surface area (Å²) in [6.07, 6.45) is 9.77. The summed E-state index contributed by atoms with van der Waals surface area (Å²) in [6.45, 7) is 0.576. The molecule has 0 bridgehead atoms. The fraction of sp³-hybridized carbons (Fsp3) is 0.481. The van der Waals surface area contributed by atoms with Crippen molar-refractivity contribution < 1.29 is 9.59 Å². The Morgan fingerprint density at radius 1 is 0.909 bits per heavy atom. The van der Waals surface area contributed by atoms with Crippen LogP contribution in [-0.2, 0) is 11.3 Å². The van der Waals surface area contributed by atoms with Crippen molar-refractivity contribution in [3.05, 3.63) is 64.1 Å². The van der Waals surface area contributed by atoms with Crippen molar-refractivity contribution in [3.63, 3.8) is 0 Å². The summed E-state index contributed by atoms with van der Waals surface area (Å²) in [7, 11) is 0. The molecule has 0 spiro atoms. The topological polar surface area (TPSA) is 75.4 Å². The number of hydrogen-bond acceptors (Lipinski definition) is 3. The molecule has 2 unspecified atom stereocenters. The Morgan fingerprint density at radius 2 is 1.58 bits per heavy atom. The Bertz CT molecular complexity index is 956. The Kier molecular flexibility index (Phi) is 8.20. The minimum Gasteiger partial charge on any atom is -0.334 e.